The van der Waals surface area contributed by atoms with Crippen molar-refractivity contribution in [2.45, 2.75) is 18.0 Å². The lowest BCUT2D eigenvalue weighted by Gasteiger charge is -2.13. The third-order valence-electron chi connectivity index (χ3n) is 4.06. The average Bonchev–Trinajstić information content (AvgIpc) is 2.67. The summed E-state index contributed by atoms with van der Waals surface area (Å²) in [4.78, 5) is 16.3. The number of aryl methyl sites for hydroxylation is 1. The Morgan fingerprint density at radius 2 is 1.74 bits per heavy atom. The minimum atomic E-state index is -4.63. The van der Waals surface area contributed by atoms with Crippen molar-refractivity contribution in [1.29, 1.82) is 0 Å². The molecule has 0 saturated heterocycles. The van der Waals surface area contributed by atoms with E-state index in [-0.39, 0.29) is 27.0 Å². The highest BCUT2D eigenvalue weighted by atomic mass is 35.5. The molecule has 2 N–H and O–H groups in total. The van der Waals surface area contributed by atoms with Gasteiger partial charge in [-0.1, -0.05) is 23.7 Å². The van der Waals surface area contributed by atoms with Gasteiger partial charge in [0.1, 0.15) is 5.82 Å². The van der Waals surface area contributed by atoms with Gasteiger partial charge in [-0.2, -0.15) is 13.2 Å². The van der Waals surface area contributed by atoms with Crippen LogP contribution in [0.25, 0.3) is 0 Å². The summed E-state index contributed by atoms with van der Waals surface area (Å²) < 4.78 is 66.0. The molecule has 0 spiro atoms. The van der Waals surface area contributed by atoms with E-state index in [0.29, 0.717) is 11.8 Å². The molecule has 3 rings (SSSR count). The fraction of sp³-hybridized carbons (Fsp3) is 0.100. The van der Waals surface area contributed by atoms with Crippen molar-refractivity contribution in [3.8, 4) is 0 Å². The van der Waals surface area contributed by atoms with Crippen molar-refractivity contribution in [3.63, 3.8) is 0 Å². The molecule has 1 aromatic heterocycles. The van der Waals surface area contributed by atoms with Gasteiger partial charge >= 0.3 is 6.18 Å². The first-order valence-corrected chi connectivity index (χ1v) is 10.6. The van der Waals surface area contributed by atoms with Crippen molar-refractivity contribution < 1.29 is 26.4 Å². The second kappa shape index (κ2) is 8.56. The minimum Gasteiger partial charge on any atom is -0.307 e. The topological polar surface area (TPSA) is 88.2 Å². The van der Waals surface area contributed by atoms with Gasteiger partial charge in [0.2, 0.25) is 0 Å². The van der Waals surface area contributed by atoms with E-state index >= 15 is 0 Å². The van der Waals surface area contributed by atoms with Gasteiger partial charge in [-0.25, -0.2) is 13.4 Å². The number of nitrogens with one attached hydrogen (secondary N) is 2. The number of sulfonamides is 1. The monoisotopic (exact) mass is 469 g/mol. The SMILES string of the molecule is Cc1cccc(NC(=O)c2cc(S(=O)(=O)Nc3cccc(C(F)(F)F)c3)ccc2Cl)n1. The molecule has 6 nitrogen and oxygen atoms in total. The first-order valence-electron chi connectivity index (χ1n) is 8.70. The summed E-state index contributed by atoms with van der Waals surface area (Å²) in [7, 11) is -4.30. The summed E-state index contributed by atoms with van der Waals surface area (Å²) >= 11 is 6.05. The molecule has 0 aliphatic rings. The number of hydrogen-bond acceptors (Lipinski definition) is 4. The number of carbonyl (C=O) groups excluding carboxylic acids is 1. The largest absolute Gasteiger partial charge is 0.416 e. The van der Waals surface area contributed by atoms with Crippen LogP contribution in [0.4, 0.5) is 24.7 Å². The number of halogens is 4. The molecule has 0 radical (unpaired) electrons. The Labute approximate surface area is 181 Å². The second-order valence-corrected chi connectivity index (χ2v) is 8.53. The van der Waals surface area contributed by atoms with Crippen molar-refractivity contribution in [2.75, 3.05) is 10.0 Å². The van der Waals surface area contributed by atoms with Crippen LogP contribution in [0, 0.1) is 6.92 Å². The van der Waals surface area contributed by atoms with E-state index in [1.165, 1.54) is 12.1 Å². The number of anilines is 2. The number of alkyl halides is 3. The molecule has 0 atom stereocenters. The quantitative estimate of drug-likeness (QED) is 0.543. The fourth-order valence-electron chi connectivity index (χ4n) is 2.61. The van der Waals surface area contributed by atoms with Crippen LogP contribution in [0.3, 0.4) is 0 Å². The third-order valence-corrected chi connectivity index (χ3v) is 5.77. The van der Waals surface area contributed by atoms with E-state index in [4.69, 9.17) is 11.6 Å². The molecule has 1 heterocycles. The lowest BCUT2D eigenvalue weighted by atomic mass is 10.2. The molecule has 1 amide bonds. The lowest BCUT2D eigenvalue weighted by molar-refractivity contribution is -0.137. The van der Waals surface area contributed by atoms with E-state index in [0.717, 1.165) is 24.3 Å². The maximum absolute atomic E-state index is 12.9. The normalized spacial score (nSPS) is 11.8. The summed E-state index contributed by atoms with van der Waals surface area (Å²) in [6.45, 7) is 1.73. The molecule has 0 bridgehead atoms. The van der Waals surface area contributed by atoms with Crippen molar-refractivity contribution in [2.24, 2.45) is 0 Å². The van der Waals surface area contributed by atoms with Gasteiger partial charge in [0.05, 0.1) is 21.0 Å². The number of nitrogens with zero attached hydrogens (tertiary/aromatic N) is 1. The van der Waals surface area contributed by atoms with Crippen LogP contribution in [-0.4, -0.2) is 19.3 Å². The van der Waals surface area contributed by atoms with Crippen LogP contribution < -0.4 is 10.0 Å². The zero-order valence-corrected chi connectivity index (χ0v) is 17.4. The predicted molar refractivity (Wildman–Crippen MR) is 111 cm³/mol. The van der Waals surface area contributed by atoms with E-state index in [2.05, 4.69) is 15.0 Å². The Morgan fingerprint density at radius 1 is 1.03 bits per heavy atom. The molecule has 0 aliphatic heterocycles. The lowest BCUT2D eigenvalue weighted by Crippen LogP contribution is -2.17. The molecule has 0 saturated carbocycles. The zero-order valence-electron chi connectivity index (χ0n) is 15.9. The van der Waals surface area contributed by atoms with E-state index in [9.17, 15) is 26.4 Å². The summed E-state index contributed by atoms with van der Waals surface area (Å²) in [6, 6.07) is 12.1. The zero-order chi connectivity index (χ0) is 22.8. The van der Waals surface area contributed by atoms with Gasteiger partial charge in [0.25, 0.3) is 15.9 Å². The standard InChI is InChI=1S/C20H15ClF3N3O3S/c1-12-4-2-7-18(25-12)26-19(28)16-11-15(8-9-17(16)21)31(29,30)27-14-6-3-5-13(10-14)20(22,23)24/h2-11,27H,1H3,(H,25,26,28). The fourth-order valence-corrected chi connectivity index (χ4v) is 3.89. The van der Waals surface area contributed by atoms with Crippen LogP contribution >= 0.6 is 11.6 Å². The number of amides is 1. The number of benzene rings is 2. The highest BCUT2D eigenvalue weighted by Gasteiger charge is 2.31. The van der Waals surface area contributed by atoms with Crippen LogP contribution in [-0.2, 0) is 16.2 Å². The maximum atomic E-state index is 12.9. The number of hydrogen-bond donors (Lipinski definition) is 2. The van der Waals surface area contributed by atoms with Gasteiger partial charge in [-0.05, 0) is 55.5 Å². The van der Waals surface area contributed by atoms with E-state index in [1.54, 1.807) is 25.1 Å². The second-order valence-electron chi connectivity index (χ2n) is 6.44. The van der Waals surface area contributed by atoms with Crippen molar-refractivity contribution in [1.82, 2.24) is 4.98 Å². The maximum Gasteiger partial charge on any atom is 0.416 e. The Hall–Kier alpha value is -3.11. The highest BCUT2D eigenvalue weighted by molar-refractivity contribution is 7.92. The molecule has 162 valence electrons. The number of aromatic nitrogens is 1. The van der Waals surface area contributed by atoms with E-state index in [1.807, 2.05) is 0 Å². The first-order chi connectivity index (χ1) is 14.5. The summed E-state index contributed by atoms with van der Waals surface area (Å²) in [6.07, 6.45) is -4.63. The minimum absolute atomic E-state index is 0.0110. The molecule has 0 fully saturated rings. The Morgan fingerprint density at radius 3 is 2.42 bits per heavy atom. The Kier molecular flexibility index (Phi) is 6.23. The molecule has 0 aliphatic carbocycles. The number of rotatable bonds is 5. The molecule has 0 unspecified atom stereocenters. The Bertz CT molecular complexity index is 1250. The van der Waals surface area contributed by atoms with Gasteiger partial charge in [0, 0.05) is 11.4 Å². The average molecular weight is 470 g/mol. The predicted octanol–water partition coefficient (Wildman–Crippen LogP) is 5.12. The van der Waals surface area contributed by atoms with Crippen LogP contribution in [0.1, 0.15) is 21.6 Å². The number of pyridine rings is 1. The van der Waals surface area contributed by atoms with Crippen molar-refractivity contribution >= 4 is 39.0 Å². The molecular weight excluding hydrogens is 455 g/mol. The molecule has 31 heavy (non-hydrogen) atoms. The van der Waals surface area contributed by atoms with Gasteiger partial charge < -0.3 is 5.32 Å². The van der Waals surface area contributed by atoms with Gasteiger partial charge in [-0.15, -0.1) is 0 Å². The first kappa shape index (κ1) is 22.6. The highest BCUT2D eigenvalue weighted by Crippen LogP contribution is 2.31. The Balaban J connectivity index is 1.88. The van der Waals surface area contributed by atoms with Crippen LogP contribution in [0.2, 0.25) is 5.02 Å². The molecule has 11 heteroatoms. The van der Waals surface area contributed by atoms with Gasteiger partial charge in [-0.3, -0.25) is 9.52 Å². The van der Waals surface area contributed by atoms with Crippen molar-refractivity contribution in [3.05, 3.63) is 82.5 Å². The summed E-state index contributed by atoms with van der Waals surface area (Å²) in [5.74, 6) is -0.448. The number of carbonyl (C=O) groups is 1. The van der Waals surface area contributed by atoms with Gasteiger partial charge in [0.15, 0.2) is 0 Å². The van der Waals surface area contributed by atoms with E-state index < -0.39 is 27.7 Å². The smallest absolute Gasteiger partial charge is 0.307 e. The molecular formula is C20H15ClF3N3O3S. The summed E-state index contributed by atoms with van der Waals surface area (Å²) in [5, 5.41) is 2.51. The third kappa shape index (κ3) is 5.53. The molecule has 3 aromatic rings. The van der Waals surface area contributed by atoms with Crippen LogP contribution in [0.5, 0.6) is 0 Å². The van der Waals surface area contributed by atoms with Crippen LogP contribution in [0.15, 0.2) is 65.6 Å². The summed E-state index contributed by atoms with van der Waals surface area (Å²) in [5.41, 5.74) is -0.767. The molecule has 2 aromatic carbocycles.